The van der Waals surface area contributed by atoms with E-state index in [4.69, 9.17) is 0 Å². The highest BCUT2D eigenvalue weighted by molar-refractivity contribution is 5.46. The summed E-state index contributed by atoms with van der Waals surface area (Å²) in [6.45, 7) is 4.49. The molecule has 0 aliphatic heterocycles. The molecule has 0 heteroatoms. The first-order valence-electron chi connectivity index (χ1n) is 8.75. The van der Waals surface area contributed by atoms with Crippen LogP contribution in [0.3, 0.4) is 0 Å². The molecule has 0 saturated carbocycles. The van der Waals surface area contributed by atoms with Crippen LogP contribution in [0.15, 0.2) is 84.5 Å². The Kier molecular flexibility index (Phi) is 4.81. The van der Waals surface area contributed by atoms with Crippen LogP contribution >= 0.6 is 0 Å². The number of benzene rings is 2. The summed E-state index contributed by atoms with van der Waals surface area (Å²) in [5.41, 5.74) is 4.27. The van der Waals surface area contributed by atoms with E-state index in [2.05, 4.69) is 92.7 Å². The summed E-state index contributed by atoms with van der Waals surface area (Å²) in [6.07, 6.45) is 10.7. The van der Waals surface area contributed by atoms with Crippen molar-refractivity contribution < 1.29 is 0 Å². The predicted octanol–water partition coefficient (Wildman–Crippen LogP) is 6.30. The van der Waals surface area contributed by atoms with Gasteiger partial charge in [-0.2, -0.15) is 0 Å². The van der Waals surface area contributed by atoms with Crippen molar-refractivity contribution in [3.63, 3.8) is 0 Å². The van der Waals surface area contributed by atoms with Gasteiger partial charge in [-0.3, -0.25) is 0 Å². The molecule has 3 rings (SSSR count). The minimum absolute atomic E-state index is 0.0345. The van der Waals surface area contributed by atoms with E-state index in [1.54, 1.807) is 0 Å². The lowest BCUT2D eigenvalue weighted by Crippen LogP contribution is -2.34. The lowest BCUT2D eigenvalue weighted by Gasteiger charge is -2.39. The third kappa shape index (κ3) is 3.03. The van der Waals surface area contributed by atoms with Gasteiger partial charge >= 0.3 is 0 Å². The van der Waals surface area contributed by atoms with Gasteiger partial charge < -0.3 is 0 Å². The average molecular weight is 302 g/mol. The Morgan fingerprint density at radius 1 is 0.870 bits per heavy atom. The van der Waals surface area contributed by atoms with Gasteiger partial charge in [-0.25, -0.2) is 0 Å². The summed E-state index contributed by atoms with van der Waals surface area (Å²) >= 11 is 0. The molecule has 23 heavy (non-hydrogen) atoms. The lowest BCUT2D eigenvalue weighted by atomic mass is 9.63. The zero-order chi connectivity index (χ0) is 16.1. The first-order valence-corrected chi connectivity index (χ1v) is 8.75. The fourth-order valence-corrected chi connectivity index (χ4v) is 3.89. The van der Waals surface area contributed by atoms with Crippen molar-refractivity contribution in [2.24, 2.45) is 5.92 Å². The topological polar surface area (TPSA) is 0 Å². The van der Waals surface area contributed by atoms with Crippen LogP contribution < -0.4 is 0 Å². The predicted molar refractivity (Wildman–Crippen MR) is 99.6 cm³/mol. The molecule has 0 spiro atoms. The van der Waals surface area contributed by atoms with E-state index in [0.717, 1.165) is 0 Å². The Balaban J connectivity index is 2.19. The molecule has 1 unspecified atom stereocenters. The van der Waals surface area contributed by atoms with Gasteiger partial charge in [-0.1, -0.05) is 104 Å². The van der Waals surface area contributed by atoms with Crippen LogP contribution in [0.1, 0.15) is 44.2 Å². The normalized spacial score (nSPS) is 17.3. The van der Waals surface area contributed by atoms with E-state index in [1.807, 2.05) is 0 Å². The molecule has 0 N–H and O–H groups in total. The molecule has 1 aliphatic carbocycles. The molecule has 0 bridgehead atoms. The summed E-state index contributed by atoms with van der Waals surface area (Å²) in [5, 5.41) is 0. The molecule has 118 valence electrons. The summed E-state index contributed by atoms with van der Waals surface area (Å²) in [5.74, 6) is 0.429. The van der Waals surface area contributed by atoms with Gasteiger partial charge in [0, 0.05) is 11.3 Å². The van der Waals surface area contributed by atoms with Gasteiger partial charge in [0.15, 0.2) is 0 Å². The van der Waals surface area contributed by atoms with Crippen molar-refractivity contribution in [1.82, 2.24) is 0 Å². The Labute approximate surface area is 140 Å². The van der Waals surface area contributed by atoms with E-state index in [1.165, 1.54) is 36.0 Å². The molecule has 1 aliphatic rings. The number of rotatable bonds is 6. The Bertz CT molecular complexity index is 637. The smallest absolute Gasteiger partial charge is 0.0300 e. The van der Waals surface area contributed by atoms with Crippen LogP contribution in [-0.4, -0.2) is 0 Å². The highest BCUT2D eigenvalue weighted by atomic mass is 14.4. The molecule has 2 aromatic carbocycles. The van der Waals surface area contributed by atoms with Gasteiger partial charge in [0.2, 0.25) is 0 Å². The Morgan fingerprint density at radius 3 is 1.87 bits per heavy atom. The van der Waals surface area contributed by atoms with E-state index < -0.39 is 0 Å². The maximum Gasteiger partial charge on any atom is 0.0300 e. The molecule has 0 amide bonds. The van der Waals surface area contributed by atoms with E-state index in [0.29, 0.717) is 5.92 Å². The zero-order valence-corrected chi connectivity index (χ0v) is 14.2. The second kappa shape index (κ2) is 7.00. The number of hydrogen-bond acceptors (Lipinski definition) is 0. The fourth-order valence-electron chi connectivity index (χ4n) is 3.89. The number of hydrogen-bond donors (Lipinski definition) is 0. The monoisotopic (exact) mass is 302 g/mol. The molecular formula is C23H26. The summed E-state index contributed by atoms with van der Waals surface area (Å²) in [7, 11) is 0. The Hall–Kier alpha value is -2.08. The standard InChI is InChI=1S/C23H26/c1-3-4-17-23(20-11-7-5-8-12-20,21-13-9-6-10-14-21)22-16-15-19(2)18-22/h5-16,18,22H,3-4,17H2,1-2H3. The van der Waals surface area contributed by atoms with Crippen LogP contribution in [0.25, 0.3) is 0 Å². The van der Waals surface area contributed by atoms with Crippen molar-refractivity contribution in [2.45, 2.75) is 38.5 Å². The molecule has 0 aromatic heterocycles. The number of unbranched alkanes of at least 4 members (excludes halogenated alkanes) is 1. The van der Waals surface area contributed by atoms with E-state index in [-0.39, 0.29) is 5.41 Å². The minimum Gasteiger partial charge on any atom is -0.0761 e. The second-order valence-corrected chi connectivity index (χ2v) is 6.60. The molecule has 0 heterocycles. The van der Waals surface area contributed by atoms with Crippen molar-refractivity contribution in [3.05, 3.63) is 95.6 Å². The minimum atomic E-state index is 0.0345. The third-order valence-electron chi connectivity index (χ3n) is 5.08. The van der Waals surface area contributed by atoms with Crippen LogP contribution in [0.5, 0.6) is 0 Å². The van der Waals surface area contributed by atoms with Crippen molar-refractivity contribution in [2.75, 3.05) is 0 Å². The summed E-state index contributed by atoms with van der Waals surface area (Å²) < 4.78 is 0. The molecule has 0 saturated heterocycles. The van der Waals surface area contributed by atoms with Gasteiger partial charge in [0.1, 0.15) is 0 Å². The Morgan fingerprint density at radius 2 is 1.43 bits per heavy atom. The lowest BCUT2D eigenvalue weighted by molar-refractivity contribution is 0.393. The first kappa shape index (κ1) is 15.8. The fraction of sp³-hybridized carbons (Fsp3) is 0.304. The van der Waals surface area contributed by atoms with Crippen LogP contribution in [0.4, 0.5) is 0 Å². The maximum atomic E-state index is 2.44. The number of allylic oxidation sites excluding steroid dienone is 4. The van der Waals surface area contributed by atoms with Crippen molar-refractivity contribution in [3.8, 4) is 0 Å². The quantitative estimate of drug-likeness (QED) is 0.587. The highest BCUT2D eigenvalue weighted by Gasteiger charge is 2.40. The van der Waals surface area contributed by atoms with Gasteiger partial charge in [-0.15, -0.1) is 0 Å². The van der Waals surface area contributed by atoms with Gasteiger partial charge in [0.25, 0.3) is 0 Å². The van der Waals surface area contributed by atoms with Crippen molar-refractivity contribution >= 4 is 0 Å². The molecule has 0 fully saturated rings. The van der Waals surface area contributed by atoms with E-state index in [9.17, 15) is 0 Å². The maximum absolute atomic E-state index is 2.44. The molecular weight excluding hydrogens is 276 g/mol. The van der Waals surface area contributed by atoms with Crippen LogP contribution in [-0.2, 0) is 5.41 Å². The van der Waals surface area contributed by atoms with Gasteiger partial charge in [-0.05, 0) is 24.5 Å². The molecule has 1 atom stereocenters. The zero-order valence-electron chi connectivity index (χ0n) is 14.2. The second-order valence-electron chi connectivity index (χ2n) is 6.60. The van der Waals surface area contributed by atoms with E-state index >= 15 is 0 Å². The molecule has 2 aromatic rings. The van der Waals surface area contributed by atoms with Crippen molar-refractivity contribution in [1.29, 1.82) is 0 Å². The van der Waals surface area contributed by atoms with Crippen LogP contribution in [0.2, 0.25) is 0 Å². The highest BCUT2D eigenvalue weighted by Crippen LogP contribution is 2.46. The largest absolute Gasteiger partial charge is 0.0761 e. The summed E-state index contributed by atoms with van der Waals surface area (Å²) in [6, 6.07) is 22.1. The first-order chi connectivity index (χ1) is 11.3. The average Bonchev–Trinajstić information content (AvgIpc) is 3.04. The van der Waals surface area contributed by atoms with Gasteiger partial charge in [0.05, 0.1) is 0 Å². The van der Waals surface area contributed by atoms with Crippen LogP contribution in [0, 0.1) is 5.92 Å². The molecule has 0 nitrogen and oxygen atoms in total. The third-order valence-corrected chi connectivity index (χ3v) is 5.08. The summed E-state index contributed by atoms with van der Waals surface area (Å²) in [4.78, 5) is 0. The SMILES string of the molecule is CCCCC(c1ccccc1)(c1ccccc1)C1C=CC(C)=C1. The molecule has 0 radical (unpaired) electrons.